The second-order valence-corrected chi connectivity index (χ2v) is 4.30. The molecule has 114 valence electrons. The van der Waals surface area contributed by atoms with E-state index in [0.29, 0.717) is 5.69 Å². The predicted molar refractivity (Wildman–Crippen MR) is 72.5 cm³/mol. The van der Waals surface area contributed by atoms with Gasteiger partial charge in [-0.1, -0.05) is 0 Å². The standard InChI is InChI=1S/C12H15N3O6/c1-7-6-8(12(18)21-3)10(15(19)20)11(13-7)14(2)5-4-9(16)17/h6H,4-5H2,1-3H3,(H,16,17). The fourth-order valence-electron chi connectivity index (χ4n) is 1.73. The zero-order valence-electron chi connectivity index (χ0n) is 11.8. The van der Waals surface area contributed by atoms with Crippen molar-refractivity contribution in [2.24, 2.45) is 0 Å². The Morgan fingerprint density at radius 1 is 1.52 bits per heavy atom. The van der Waals surface area contributed by atoms with Crippen LogP contribution in [-0.2, 0) is 9.53 Å². The van der Waals surface area contributed by atoms with E-state index in [2.05, 4.69) is 9.72 Å². The van der Waals surface area contributed by atoms with Crippen molar-refractivity contribution in [2.75, 3.05) is 25.6 Å². The van der Waals surface area contributed by atoms with Gasteiger partial charge in [0, 0.05) is 19.3 Å². The van der Waals surface area contributed by atoms with Crippen LogP contribution < -0.4 is 4.90 Å². The molecule has 0 fully saturated rings. The Morgan fingerprint density at radius 3 is 2.62 bits per heavy atom. The van der Waals surface area contributed by atoms with Gasteiger partial charge < -0.3 is 14.7 Å². The topological polar surface area (TPSA) is 123 Å². The molecule has 0 amide bonds. The summed E-state index contributed by atoms with van der Waals surface area (Å²) < 4.78 is 4.53. The number of carboxylic acid groups (broad SMARTS) is 1. The smallest absolute Gasteiger partial charge is 0.345 e. The van der Waals surface area contributed by atoms with E-state index in [1.807, 2.05) is 0 Å². The lowest BCUT2D eigenvalue weighted by atomic mass is 10.1. The first-order chi connectivity index (χ1) is 9.77. The van der Waals surface area contributed by atoms with Crippen molar-refractivity contribution >= 4 is 23.4 Å². The van der Waals surface area contributed by atoms with Crippen molar-refractivity contribution in [3.63, 3.8) is 0 Å². The van der Waals surface area contributed by atoms with E-state index in [-0.39, 0.29) is 24.3 Å². The van der Waals surface area contributed by atoms with Crippen LogP contribution in [0, 0.1) is 17.0 Å². The summed E-state index contributed by atoms with van der Waals surface area (Å²) >= 11 is 0. The number of aromatic nitrogens is 1. The molecule has 0 aromatic carbocycles. The number of hydrogen-bond donors (Lipinski definition) is 1. The minimum Gasteiger partial charge on any atom is -0.481 e. The first kappa shape index (κ1) is 16.3. The summed E-state index contributed by atoms with van der Waals surface area (Å²) in [6.45, 7) is 1.60. The minimum absolute atomic E-state index is 0.0211. The highest BCUT2D eigenvalue weighted by molar-refractivity contribution is 5.96. The van der Waals surface area contributed by atoms with E-state index < -0.39 is 22.5 Å². The van der Waals surface area contributed by atoms with Crippen LogP contribution in [0.4, 0.5) is 11.5 Å². The Bertz CT molecular complexity index is 587. The fraction of sp³-hybridized carbons (Fsp3) is 0.417. The summed E-state index contributed by atoms with van der Waals surface area (Å²) in [6.07, 6.45) is -0.211. The average molecular weight is 297 g/mol. The number of nitrogens with zero attached hydrogens (tertiary/aromatic N) is 3. The maximum absolute atomic E-state index is 11.7. The predicted octanol–water partition coefficient (Wildman–Crippen LogP) is 0.996. The Hall–Kier alpha value is -2.71. The average Bonchev–Trinajstić information content (AvgIpc) is 2.42. The number of carbonyl (C=O) groups is 2. The van der Waals surface area contributed by atoms with Gasteiger partial charge in [0.05, 0.1) is 18.5 Å². The quantitative estimate of drug-likeness (QED) is 0.468. The largest absolute Gasteiger partial charge is 0.481 e. The maximum Gasteiger partial charge on any atom is 0.345 e. The number of pyridine rings is 1. The Morgan fingerprint density at radius 2 is 2.14 bits per heavy atom. The lowest BCUT2D eigenvalue weighted by Crippen LogP contribution is -2.24. The van der Waals surface area contributed by atoms with Crippen LogP contribution in [0.15, 0.2) is 6.07 Å². The molecule has 9 nitrogen and oxygen atoms in total. The van der Waals surface area contributed by atoms with Crippen molar-refractivity contribution in [2.45, 2.75) is 13.3 Å². The molecule has 0 saturated carbocycles. The highest BCUT2D eigenvalue weighted by Crippen LogP contribution is 2.30. The molecular formula is C12H15N3O6. The Balaban J connectivity index is 3.35. The fourth-order valence-corrected chi connectivity index (χ4v) is 1.73. The third kappa shape index (κ3) is 3.88. The molecule has 1 rings (SSSR count). The third-order valence-electron chi connectivity index (χ3n) is 2.71. The van der Waals surface area contributed by atoms with Crippen LogP contribution in [0.25, 0.3) is 0 Å². The van der Waals surface area contributed by atoms with Gasteiger partial charge in [0.15, 0.2) is 0 Å². The van der Waals surface area contributed by atoms with Crippen LogP contribution in [0.1, 0.15) is 22.5 Å². The van der Waals surface area contributed by atoms with Gasteiger partial charge in [0.25, 0.3) is 0 Å². The molecule has 0 bridgehead atoms. The summed E-state index contributed by atoms with van der Waals surface area (Å²) in [5.74, 6) is -1.95. The molecular weight excluding hydrogens is 282 g/mol. The highest BCUT2D eigenvalue weighted by Gasteiger charge is 2.29. The van der Waals surface area contributed by atoms with Crippen LogP contribution in [-0.4, -0.2) is 47.7 Å². The van der Waals surface area contributed by atoms with Crippen molar-refractivity contribution in [3.05, 3.63) is 27.4 Å². The molecule has 1 aromatic heterocycles. The Labute approximate surface area is 120 Å². The van der Waals surface area contributed by atoms with Gasteiger partial charge >= 0.3 is 17.6 Å². The number of aryl methyl sites for hydroxylation is 1. The number of anilines is 1. The number of carboxylic acids is 1. The normalized spacial score (nSPS) is 10.0. The van der Waals surface area contributed by atoms with Gasteiger partial charge in [-0.2, -0.15) is 0 Å². The van der Waals surface area contributed by atoms with Gasteiger partial charge in [0.2, 0.25) is 5.82 Å². The first-order valence-electron chi connectivity index (χ1n) is 5.95. The number of aliphatic carboxylic acids is 1. The van der Waals surface area contributed by atoms with E-state index in [1.54, 1.807) is 6.92 Å². The monoisotopic (exact) mass is 297 g/mol. The molecule has 1 heterocycles. The molecule has 1 aromatic rings. The molecule has 0 aliphatic heterocycles. The summed E-state index contributed by atoms with van der Waals surface area (Å²) in [4.78, 5) is 38.1. The maximum atomic E-state index is 11.7. The molecule has 0 spiro atoms. The molecule has 0 saturated heterocycles. The van der Waals surface area contributed by atoms with Crippen molar-refractivity contribution in [1.82, 2.24) is 4.98 Å². The van der Waals surface area contributed by atoms with Crippen LogP contribution in [0.3, 0.4) is 0 Å². The summed E-state index contributed by atoms with van der Waals surface area (Å²) in [5, 5.41) is 19.9. The van der Waals surface area contributed by atoms with E-state index in [9.17, 15) is 19.7 Å². The highest BCUT2D eigenvalue weighted by atomic mass is 16.6. The second-order valence-electron chi connectivity index (χ2n) is 4.30. The zero-order chi connectivity index (χ0) is 16.2. The SMILES string of the molecule is COC(=O)c1cc(C)nc(N(C)CCC(=O)O)c1[N+](=O)[O-]. The van der Waals surface area contributed by atoms with Gasteiger partial charge in [0.1, 0.15) is 5.56 Å². The van der Waals surface area contributed by atoms with Gasteiger partial charge in [-0.15, -0.1) is 0 Å². The number of methoxy groups -OCH3 is 1. The van der Waals surface area contributed by atoms with Gasteiger partial charge in [-0.3, -0.25) is 14.9 Å². The summed E-state index contributed by atoms with van der Waals surface area (Å²) in [5.41, 5.74) is -0.328. The summed E-state index contributed by atoms with van der Waals surface area (Å²) in [6, 6.07) is 1.26. The number of rotatable bonds is 6. The lowest BCUT2D eigenvalue weighted by Gasteiger charge is -2.18. The van der Waals surface area contributed by atoms with E-state index >= 15 is 0 Å². The zero-order valence-corrected chi connectivity index (χ0v) is 11.8. The van der Waals surface area contributed by atoms with E-state index in [4.69, 9.17) is 5.11 Å². The third-order valence-corrected chi connectivity index (χ3v) is 2.71. The van der Waals surface area contributed by atoms with E-state index in [1.165, 1.54) is 18.0 Å². The van der Waals surface area contributed by atoms with Crippen molar-refractivity contribution < 1.29 is 24.4 Å². The van der Waals surface area contributed by atoms with Crippen molar-refractivity contribution in [3.8, 4) is 0 Å². The number of nitro groups is 1. The van der Waals surface area contributed by atoms with Gasteiger partial charge in [-0.25, -0.2) is 9.78 Å². The summed E-state index contributed by atoms with van der Waals surface area (Å²) in [7, 11) is 2.59. The number of hydrogen-bond acceptors (Lipinski definition) is 7. The number of carbonyl (C=O) groups excluding carboxylic acids is 1. The first-order valence-corrected chi connectivity index (χ1v) is 5.95. The molecule has 0 radical (unpaired) electrons. The molecule has 0 atom stereocenters. The minimum atomic E-state index is -1.04. The van der Waals surface area contributed by atoms with Crippen LogP contribution >= 0.6 is 0 Å². The molecule has 1 N–H and O–H groups in total. The molecule has 0 aliphatic carbocycles. The molecule has 21 heavy (non-hydrogen) atoms. The molecule has 0 unspecified atom stereocenters. The number of esters is 1. The van der Waals surface area contributed by atoms with E-state index in [0.717, 1.165) is 7.11 Å². The lowest BCUT2D eigenvalue weighted by molar-refractivity contribution is -0.384. The molecule has 0 aliphatic rings. The van der Waals surface area contributed by atoms with Gasteiger partial charge in [-0.05, 0) is 13.0 Å². The van der Waals surface area contributed by atoms with Crippen LogP contribution in [0.5, 0.6) is 0 Å². The van der Waals surface area contributed by atoms with Crippen molar-refractivity contribution in [1.29, 1.82) is 0 Å². The number of ether oxygens (including phenoxy) is 1. The second kappa shape index (κ2) is 6.64. The Kier molecular flexibility index (Phi) is 5.17. The molecule has 9 heteroatoms. The van der Waals surface area contributed by atoms with Crippen LogP contribution in [0.2, 0.25) is 0 Å².